The van der Waals surface area contributed by atoms with Crippen LogP contribution in [-0.2, 0) is 19.1 Å². The molecule has 0 unspecified atom stereocenters. The summed E-state index contributed by atoms with van der Waals surface area (Å²) in [5.41, 5.74) is 2.49. The number of amides is 2. The minimum atomic E-state index is -1.02. The van der Waals surface area contributed by atoms with Gasteiger partial charge in [0, 0.05) is 18.8 Å². The summed E-state index contributed by atoms with van der Waals surface area (Å²) in [6, 6.07) is 14.5. The molecular weight excluding hydrogens is 384 g/mol. The Balaban J connectivity index is 1.84. The number of hydrogen-bond acceptors (Lipinski definition) is 5. The fourth-order valence-electron chi connectivity index (χ4n) is 2.61. The molecule has 2 rings (SSSR count). The highest BCUT2D eigenvalue weighted by Crippen LogP contribution is 2.14. The molecule has 0 heterocycles. The monoisotopic (exact) mass is 410 g/mol. The van der Waals surface area contributed by atoms with Crippen molar-refractivity contribution in [3.05, 3.63) is 65.7 Å². The van der Waals surface area contributed by atoms with Gasteiger partial charge in [-0.1, -0.05) is 29.8 Å². The number of rotatable bonds is 8. The molecule has 0 bridgehead atoms. The van der Waals surface area contributed by atoms with Crippen molar-refractivity contribution < 1.29 is 23.9 Å². The number of aryl methyl sites for hydroxylation is 1. The normalized spacial score (nSPS) is 11.6. The van der Waals surface area contributed by atoms with E-state index >= 15 is 0 Å². The number of nitrogens with zero attached hydrogens (tertiary/aromatic N) is 1. The number of anilines is 1. The van der Waals surface area contributed by atoms with Crippen LogP contribution in [0.15, 0.2) is 54.6 Å². The Kier molecular flexibility index (Phi) is 8.17. The van der Waals surface area contributed by atoms with Crippen LogP contribution in [0.2, 0.25) is 0 Å². The summed E-state index contributed by atoms with van der Waals surface area (Å²) in [4.78, 5) is 37.8. The smallest absolute Gasteiger partial charge is 0.331 e. The van der Waals surface area contributed by atoms with Gasteiger partial charge < -0.3 is 19.7 Å². The number of likely N-dealkylation sites (N-methyl/N-ethyl adjacent to an activating group) is 1. The van der Waals surface area contributed by atoms with Crippen LogP contribution in [0.3, 0.4) is 0 Å². The molecular formula is C23H26N2O5. The number of nitrogens with one attached hydrogen (secondary N) is 1. The molecule has 0 saturated heterocycles. The number of ether oxygens (including phenoxy) is 2. The first kappa shape index (κ1) is 22.7. The number of esters is 1. The van der Waals surface area contributed by atoms with E-state index in [2.05, 4.69) is 5.32 Å². The van der Waals surface area contributed by atoms with Gasteiger partial charge in [0.25, 0.3) is 5.91 Å². The van der Waals surface area contributed by atoms with E-state index in [-0.39, 0.29) is 12.5 Å². The number of hydrogen-bond donors (Lipinski definition) is 1. The van der Waals surface area contributed by atoms with Crippen LogP contribution in [0.25, 0.3) is 6.08 Å². The predicted octanol–water partition coefficient (Wildman–Crippen LogP) is 3.05. The summed E-state index contributed by atoms with van der Waals surface area (Å²) in [6.07, 6.45) is 1.79. The molecule has 30 heavy (non-hydrogen) atoms. The van der Waals surface area contributed by atoms with Crippen molar-refractivity contribution in [2.24, 2.45) is 0 Å². The van der Waals surface area contributed by atoms with Crippen LogP contribution >= 0.6 is 0 Å². The van der Waals surface area contributed by atoms with Gasteiger partial charge in [-0.15, -0.1) is 0 Å². The van der Waals surface area contributed by atoms with E-state index in [9.17, 15) is 14.4 Å². The van der Waals surface area contributed by atoms with Crippen LogP contribution in [0, 0.1) is 6.92 Å². The van der Waals surface area contributed by atoms with Gasteiger partial charge in [-0.25, -0.2) is 4.79 Å². The van der Waals surface area contributed by atoms with E-state index < -0.39 is 18.0 Å². The average molecular weight is 410 g/mol. The minimum absolute atomic E-state index is 0.158. The highest BCUT2D eigenvalue weighted by atomic mass is 16.5. The highest BCUT2D eigenvalue weighted by molar-refractivity contribution is 5.95. The van der Waals surface area contributed by atoms with E-state index in [0.29, 0.717) is 11.4 Å². The molecule has 0 spiro atoms. The van der Waals surface area contributed by atoms with Crippen molar-refractivity contribution in [2.75, 3.05) is 26.0 Å². The second kappa shape index (κ2) is 10.8. The van der Waals surface area contributed by atoms with Crippen molar-refractivity contribution in [1.82, 2.24) is 4.90 Å². The molecule has 0 aliphatic carbocycles. The summed E-state index contributed by atoms with van der Waals surface area (Å²) in [6.45, 7) is 3.26. The van der Waals surface area contributed by atoms with Crippen molar-refractivity contribution >= 4 is 29.5 Å². The molecule has 1 N–H and O–H groups in total. The lowest BCUT2D eigenvalue weighted by Crippen LogP contribution is -2.41. The molecule has 2 aromatic carbocycles. The summed E-state index contributed by atoms with van der Waals surface area (Å²) in [5.74, 6) is -0.806. The zero-order valence-electron chi connectivity index (χ0n) is 17.5. The molecule has 2 aromatic rings. The fraction of sp³-hybridized carbons (Fsp3) is 0.261. The SMILES string of the molecule is COc1cccc(/C=C/C(=O)O[C@@H](C)C(=O)N(C)CC(=O)Nc2ccc(C)cc2)c1. The second-order valence-corrected chi connectivity index (χ2v) is 6.80. The first-order valence-electron chi connectivity index (χ1n) is 9.42. The molecule has 0 radical (unpaired) electrons. The lowest BCUT2D eigenvalue weighted by molar-refractivity contribution is -0.154. The summed E-state index contributed by atoms with van der Waals surface area (Å²) in [7, 11) is 3.04. The number of methoxy groups -OCH3 is 1. The fourth-order valence-corrected chi connectivity index (χ4v) is 2.61. The molecule has 0 aliphatic heterocycles. The zero-order valence-corrected chi connectivity index (χ0v) is 17.5. The van der Waals surface area contributed by atoms with Crippen LogP contribution in [-0.4, -0.2) is 49.5 Å². The lowest BCUT2D eigenvalue weighted by Gasteiger charge is -2.20. The maximum atomic E-state index is 12.4. The largest absolute Gasteiger partial charge is 0.497 e. The standard InChI is InChI=1S/C23H26N2O5/c1-16-8-11-19(12-9-16)24-21(26)15-25(3)23(28)17(2)30-22(27)13-10-18-6-5-7-20(14-18)29-4/h5-14,17H,15H2,1-4H3,(H,24,26)/b13-10+/t17-/m0/s1. The Morgan fingerprint density at radius 1 is 1.13 bits per heavy atom. The highest BCUT2D eigenvalue weighted by Gasteiger charge is 2.22. The third-order valence-electron chi connectivity index (χ3n) is 4.24. The van der Waals surface area contributed by atoms with Gasteiger partial charge >= 0.3 is 5.97 Å². The van der Waals surface area contributed by atoms with Gasteiger partial charge in [0.15, 0.2) is 6.10 Å². The van der Waals surface area contributed by atoms with E-state index in [1.54, 1.807) is 49.6 Å². The van der Waals surface area contributed by atoms with Crippen molar-refractivity contribution in [1.29, 1.82) is 0 Å². The molecule has 158 valence electrons. The maximum Gasteiger partial charge on any atom is 0.331 e. The number of carbonyl (C=O) groups excluding carboxylic acids is 3. The molecule has 0 aromatic heterocycles. The van der Waals surface area contributed by atoms with E-state index in [1.807, 2.05) is 19.1 Å². The lowest BCUT2D eigenvalue weighted by atomic mass is 10.2. The first-order chi connectivity index (χ1) is 14.3. The Morgan fingerprint density at radius 3 is 2.50 bits per heavy atom. The van der Waals surface area contributed by atoms with E-state index in [0.717, 1.165) is 11.1 Å². The molecule has 1 atom stereocenters. The first-order valence-corrected chi connectivity index (χ1v) is 9.42. The van der Waals surface area contributed by atoms with E-state index in [4.69, 9.17) is 9.47 Å². The van der Waals surface area contributed by atoms with Gasteiger partial charge in [-0.3, -0.25) is 9.59 Å². The Hall–Kier alpha value is -3.61. The van der Waals surface area contributed by atoms with Crippen molar-refractivity contribution in [2.45, 2.75) is 20.0 Å². The van der Waals surface area contributed by atoms with Gasteiger partial charge in [0.05, 0.1) is 13.7 Å². The van der Waals surface area contributed by atoms with Gasteiger partial charge in [0.1, 0.15) is 5.75 Å². The minimum Gasteiger partial charge on any atom is -0.497 e. The molecule has 2 amide bonds. The summed E-state index contributed by atoms with van der Waals surface area (Å²) < 4.78 is 10.3. The maximum absolute atomic E-state index is 12.4. The predicted molar refractivity (Wildman–Crippen MR) is 115 cm³/mol. The van der Waals surface area contributed by atoms with E-state index in [1.165, 1.54) is 24.9 Å². The Morgan fingerprint density at radius 2 is 1.83 bits per heavy atom. The van der Waals surface area contributed by atoms with Crippen LogP contribution in [0.5, 0.6) is 5.75 Å². The number of carbonyl (C=O) groups is 3. The van der Waals surface area contributed by atoms with Crippen molar-refractivity contribution in [3.8, 4) is 5.75 Å². The molecule has 7 heteroatoms. The van der Waals surface area contributed by atoms with Crippen LogP contribution in [0.4, 0.5) is 5.69 Å². The quantitative estimate of drug-likeness (QED) is 0.534. The molecule has 0 saturated carbocycles. The zero-order chi connectivity index (χ0) is 22.1. The summed E-state index contributed by atoms with van der Waals surface area (Å²) >= 11 is 0. The number of benzene rings is 2. The Bertz CT molecular complexity index is 921. The third-order valence-corrected chi connectivity index (χ3v) is 4.24. The van der Waals surface area contributed by atoms with Crippen LogP contribution < -0.4 is 10.1 Å². The molecule has 0 fully saturated rings. The Labute approximate surface area is 176 Å². The third kappa shape index (κ3) is 7.09. The van der Waals surface area contributed by atoms with Gasteiger partial charge in [-0.2, -0.15) is 0 Å². The second-order valence-electron chi connectivity index (χ2n) is 6.80. The summed E-state index contributed by atoms with van der Waals surface area (Å²) in [5, 5.41) is 2.72. The van der Waals surface area contributed by atoms with Crippen molar-refractivity contribution in [3.63, 3.8) is 0 Å². The van der Waals surface area contributed by atoms with Crippen LogP contribution in [0.1, 0.15) is 18.1 Å². The van der Waals surface area contributed by atoms with Gasteiger partial charge in [-0.05, 0) is 49.8 Å². The average Bonchev–Trinajstić information content (AvgIpc) is 2.73. The van der Waals surface area contributed by atoms with Gasteiger partial charge in [0.2, 0.25) is 5.91 Å². The molecule has 7 nitrogen and oxygen atoms in total. The molecule has 0 aliphatic rings. The topological polar surface area (TPSA) is 84.9 Å².